The van der Waals surface area contributed by atoms with Gasteiger partial charge in [0.05, 0.1) is 12.7 Å². The van der Waals surface area contributed by atoms with Gasteiger partial charge in [-0.05, 0) is 12.8 Å². The molecule has 0 fully saturated rings. The SMILES string of the molecule is CCCCCCCCCCCCCCCC=CC(CN)N1C=CNC1. The first-order valence-corrected chi connectivity index (χ1v) is 10.9. The first-order valence-electron chi connectivity index (χ1n) is 10.9. The van der Waals surface area contributed by atoms with Crippen LogP contribution in [0.4, 0.5) is 0 Å². The Labute approximate surface area is 157 Å². The Morgan fingerprint density at radius 2 is 1.48 bits per heavy atom. The van der Waals surface area contributed by atoms with Crippen molar-refractivity contribution in [2.45, 2.75) is 103 Å². The molecule has 0 saturated carbocycles. The number of hydrogen-bond acceptors (Lipinski definition) is 3. The predicted octanol–water partition coefficient (Wildman–Crippen LogP) is 5.69. The lowest BCUT2D eigenvalue weighted by Crippen LogP contribution is -2.36. The molecule has 1 atom stereocenters. The van der Waals surface area contributed by atoms with E-state index in [9.17, 15) is 0 Å². The van der Waals surface area contributed by atoms with Crippen LogP contribution in [0.1, 0.15) is 96.8 Å². The number of nitrogens with zero attached hydrogens (tertiary/aromatic N) is 1. The maximum absolute atomic E-state index is 5.86. The predicted molar refractivity (Wildman–Crippen MR) is 111 cm³/mol. The summed E-state index contributed by atoms with van der Waals surface area (Å²) in [5, 5.41) is 3.20. The fourth-order valence-electron chi connectivity index (χ4n) is 3.44. The third-order valence-electron chi connectivity index (χ3n) is 5.16. The van der Waals surface area contributed by atoms with Crippen molar-refractivity contribution in [2.75, 3.05) is 13.2 Å². The van der Waals surface area contributed by atoms with Crippen molar-refractivity contribution in [1.29, 1.82) is 0 Å². The monoisotopic (exact) mass is 349 g/mol. The molecule has 0 aromatic carbocycles. The van der Waals surface area contributed by atoms with E-state index in [1.165, 1.54) is 89.9 Å². The Morgan fingerprint density at radius 3 is 1.96 bits per heavy atom. The standard InChI is InChI=1S/C22H43N3/c1-2-3-4-5-6-7-8-9-10-11-12-13-14-15-16-17-22(20-23)25-19-18-24-21-25/h16-19,22,24H,2-15,20-21,23H2,1H3. The summed E-state index contributed by atoms with van der Waals surface area (Å²) in [5.41, 5.74) is 5.86. The maximum Gasteiger partial charge on any atom is 0.0873 e. The van der Waals surface area contributed by atoms with E-state index in [-0.39, 0.29) is 0 Å². The Kier molecular flexibility index (Phi) is 14.6. The molecule has 1 aliphatic heterocycles. The van der Waals surface area contributed by atoms with Crippen LogP contribution in [0.2, 0.25) is 0 Å². The second-order valence-electron chi connectivity index (χ2n) is 7.45. The van der Waals surface area contributed by atoms with Gasteiger partial charge in [0.15, 0.2) is 0 Å². The van der Waals surface area contributed by atoms with Crippen LogP contribution in [-0.4, -0.2) is 24.2 Å². The number of nitrogens with two attached hydrogens (primary N) is 1. The van der Waals surface area contributed by atoms with Crippen molar-refractivity contribution < 1.29 is 0 Å². The summed E-state index contributed by atoms with van der Waals surface area (Å²) in [6.45, 7) is 3.85. The molecule has 25 heavy (non-hydrogen) atoms. The summed E-state index contributed by atoms with van der Waals surface area (Å²) in [6, 6.07) is 0.341. The maximum atomic E-state index is 5.86. The molecule has 0 bridgehead atoms. The van der Waals surface area contributed by atoms with Gasteiger partial charge < -0.3 is 16.0 Å². The van der Waals surface area contributed by atoms with Crippen molar-refractivity contribution in [3.05, 3.63) is 24.6 Å². The Balaban J connectivity index is 1.82. The summed E-state index contributed by atoms with van der Waals surface area (Å²) in [7, 11) is 0. The number of unbranched alkanes of at least 4 members (excludes halogenated alkanes) is 13. The van der Waals surface area contributed by atoms with Gasteiger partial charge in [-0.3, -0.25) is 0 Å². The third kappa shape index (κ3) is 12.1. The van der Waals surface area contributed by atoms with Crippen LogP contribution in [0.3, 0.4) is 0 Å². The minimum atomic E-state index is 0.341. The zero-order chi connectivity index (χ0) is 18.0. The molecule has 1 unspecified atom stereocenters. The van der Waals surface area contributed by atoms with E-state index >= 15 is 0 Å². The zero-order valence-corrected chi connectivity index (χ0v) is 16.7. The minimum Gasteiger partial charge on any atom is -0.373 e. The van der Waals surface area contributed by atoms with Crippen molar-refractivity contribution in [3.63, 3.8) is 0 Å². The lowest BCUT2D eigenvalue weighted by Gasteiger charge is -2.22. The highest BCUT2D eigenvalue weighted by Crippen LogP contribution is 2.13. The van der Waals surface area contributed by atoms with Crippen molar-refractivity contribution >= 4 is 0 Å². The Hall–Kier alpha value is -0.960. The lowest BCUT2D eigenvalue weighted by atomic mass is 10.0. The second kappa shape index (κ2) is 16.5. The summed E-state index contributed by atoms with van der Waals surface area (Å²) >= 11 is 0. The van der Waals surface area contributed by atoms with Crippen LogP contribution in [-0.2, 0) is 0 Å². The van der Waals surface area contributed by atoms with Gasteiger partial charge in [-0.1, -0.05) is 96.1 Å². The summed E-state index contributed by atoms with van der Waals surface area (Å²) in [6.07, 6.45) is 28.3. The van der Waals surface area contributed by atoms with Crippen LogP contribution < -0.4 is 11.1 Å². The highest BCUT2D eigenvalue weighted by Gasteiger charge is 2.11. The molecule has 1 aliphatic rings. The molecule has 0 aromatic heterocycles. The normalized spacial score (nSPS) is 15.2. The van der Waals surface area contributed by atoms with E-state index in [1.54, 1.807) is 0 Å². The van der Waals surface area contributed by atoms with Gasteiger partial charge in [-0.25, -0.2) is 0 Å². The number of rotatable bonds is 17. The largest absolute Gasteiger partial charge is 0.373 e. The highest BCUT2D eigenvalue weighted by molar-refractivity contribution is 5.01. The van der Waals surface area contributed by atoms with Gasteiger partial charge in [0, 0.05) is 18.9 Å². The average molecular weight is 350 g/mol. The van der Waals surface area contributed by atoms with Crippen molar-refractivity contribution in [3.8, 4) is 0 Å². The molecular weight excluding hydrogens is 306 g/mol. The number of hydrogen-bond donors (Lipinski definition) is 2. The van der Waals surface area contributed by atoms with E-state index in [2.05, 4.69) is 35.5 Å². The van der Waals surface area contributed by atoms with E-state index < -0.39 is 0 Å². The van der Waals surface area contributed by atoms with Gasteiger partial charge in [-0.2, -0.15) is 0 Å². The highest BCUT2D eigenvalue weighted by atomic mass is 15.3. The molecule has 0 aliphatic carbocycles. The molecule has 1 heterocycles. The summed E-state index contributed by atoms with van der Waals surface area (Å²) < 4.78 is 0. The topological polar surface area (TPSA) is 41.3 Å². The molecule has 0 radical (unpaired) electrons. The molecule has 0 amide bonds. The van der Waals surface area contributed by atoms with Gasteiger partial charge >= 0.3 is 0 Å². The number of allylic oxidation sites excluding steroid dienone is 1. The van der Waals surface area contributed by atoms with Gasteiger partial charge in [-0.15, -0.1) is 0 Å². The van der Waals surface area contributed by atoms with Crippen LogP contribution in [0.25, 0.3) is 0 Å². The van der Waals surface area contributed by atoms with Crippen LogP contribution in [0, 0.1) is 0 Å². The van der Waals surface area contributed by atoms with Crippen LogP contribution in [0.15, 0.2) is 24.6 Å². The molecule has 146 valence electrons. The average Bonchev–Trinajstić information content (AvgIpc) is 3.16. The molecule has 3 heteroatoms. The molecule has 3 N–H and O–H groups in total. The van der Waals surface area contributed by atoms with Gasteiger partial charge in [0.25, 0.3) is 0 Å². The number of nitrogens with one attached hydrogen (secondary N) is 1. The van der Waals surface area contributed by atoms with E-state index in [4.69, 9.17) is 5.73 Å². The minimum absolute atomic E-state index is 0.341. The zero-order valence-electron chi connectivity index (χ0n) is 16.7. The Morgan fingerprint density at radius 1 is 0.920 bits per heavy atom. The molecule has 1 rings (SSSR count). The van der Waals surface area contributed by atoms with Crippen molar-refractivity contribution in [1.82, 2.24) is 10.2 Å². The molecule has 3 nitrogen and oxygen atoms in total. The molecular formula is C22H43N3. The Bertz CT molecular complexity index is 338. The quantitative estimate of drug-likeness (QED) is 0.262. The van der Waals surface area contributed by atoms with Crippen LogP contribution in [0.5, 0.6) is 0 Å². The van der Waals surface area contributed by atoms with E-state index in [1.807, 2.05) is 6.20 Å². The smallest absolute Gasteiger partial charge is 0.0873 e. The van der Waals surface area contributed by atoms with E-state index in [0.29, 0.717) is 12.6 Å². The summed E-state index contributed by atoms with van der Waals surface area (Å²) in [4.78, 5) is 2.25. The summed E-state index contributed by atoms with van der Waals surface area (Å²) in [5.74, 6) is 0. The third-order valence-corrected chi connectivity index (χ3v) is 5.16. The van der Waals surface area contributed by atoms with Crippen LogP contribution >= 0.6 is 0 Å². The molecule has 0 aromatic rings. The van der Waals surface area contributed by atoms with E-state index in [0.717, 1.165) is 6.67 Å². The van der Waals surface area contributed by atoms with Gasteiger partial charge in [0.1, 0.15) is 0 Å². The van der Waals surface area contributed by atoms with Crippen molar-refractivity contribution in [2.24, 2.45) is 5.73 Å². The second-order valence-corrected chi connectivity index (χ2v) is 7.45. The molecule has 0 saturated heterocycles. The first-order chi connectivity index (χ1) is 12.4. The lowest BCUT2D eigenvalue weighted by molar-refractivity contribution is 0.337. The fourth-order valence-corrected chi connectivity index (χ4v) is 3.44. The van der Waals surface area contributed by atoms with Gasteiger partial charge in [0.2, 0.25) is 0 Å². The molecule has 0 spiro atoms. The fraction of sp³-hybridized carbons (Fsp3) is 0.818. The first kappa shape index (κ1) is 22.1.